The van der Waals surface area contributed by atoms with Crippen molar-refractivity contribution in [1.82, 2.24) is 4.90 Å². The van der Waals surface area contributed by atoms with Gasteiger partial charge in [0.2, 0.25) is 5.91 Å². The van der Waals surface area contributed by atoms with Crippen LogP contribution in [0.15, 0.2) is 15.9 Å². The maximum atomic E-state index is 12.3. The number of carbonyl (C=O) groups is 1. The lowest BCUT2D eigenvalue weighted by Gasteiger charge is -2.33. The second-order valence-electron chi connectivity index (χ2n) is 5.20. The van der Waals surface area contributed by atoms with Gasteiger partial charge in [0.15, 0.2) is 0 Å². The third-order valence-electron chi connectivity index (χ3n) is 3.74. The first kappa shape index (κ1) is 12.6. The van der Waals surface area contributed by atoms with Crippen LogP contribution in [0.5, 0.6) is 0 Å². The van der Waals surface area contributed by atoms with Crippen LogP contribution in [0.25, 0.3) is 0 Å². The average molecular weight is 329 g/mol. The molecular weight excluding hydrogens is 312 g/mol. The zero-order valence-electron chi connectivity index (χ0n) is 10.1. The van der Waals surface area contributed by atoms with Gasteiger partial charge in [-0.2, -0.15) is 0 Å². The molecule has 2 fully saturated rings. The first-order valence-electron chi connectivity index (χ1n) is 6.47. The molecule has 0 radical (unpaired) electrons. The van der Waals surface area contributed by atoms with Gasteiger partial charge in [-0.25, -0.2) is 0 Å². The quantitative estimate of drug-likeness (QED) is 0.906. The van der Waals surface area contributed by atoms with E-state index in [1.807, 2.05) is 0 Å². The highest BCUT2D eigenvalue weighted by Gasteiger charge is 2.42. The van der Waals surface area contributed by atoms with Gasteiger partial charge in [0.1, 0.15) is 0 Å². The van der Waals surface area contributed by atoms with Crippen molar-refractivity contribution in [1.29, 1.82) is 0 Å². The van der Waals surface area contributed by atoms with Crippen LogP contribution in [-0.2, 0) is 4.79 Å². The molecule has 1 aliphatic carbocycles. The Balaban J connectivity index is 1.96. The molecule has 1 saturated heterocycles. The maximum Gasteiger partial charge on any atom is 0.223 e. The van der Waals surface area contributed by atoms with E-state index in [1.54, 1.807) is 11.3 Å². The van der Waals surface area contributed by atoms with Gasteiger partial charge in [-0.3, -0.25) is 4.79 Å². The summed E-state index contributed by atoms with van der Waals surface area (Å²) in [4.78, 5) is 15.6. The molecule has 2 heterocycles. The van der Waals surface area contributed by atoms with E-state index in [1.165, 1.54) is 4.88 Å². The smallest absolute Gasteiger partial charge is 0.223 e. The van der Waals surface area contributed by atoms with Crippen molar-refractivity contribution in [3.05, 3.63) is 20.8 Å². The summed E-state index contributed by atoms with van der Waals surface area (Å²) in [7, 11) is 0. The van der Waals surface area contributed by atoms with Gasteiger partial charge < -0.3 is 10.6 Å². The minimum Gasteiger partial charge on any atom is -0.330 e. The Hall–Kier alpha value is -0.390. The number of hydrogen-bond acceptors (Lipinski definition) is 3. The molecule has 98 valence electrons. The number of hydrogen-bond donors (Lipinski definition) is 1. The van der Waals surface area contributed by atoms with Crippen LogP contribution >= 0.6 is 27.3 Å². The van der Waals surface area contributed by atoms with Crippen LogP contribution in [0.1, 0.15) is 43.0 Å². The topological polar surface area (TPSA) is 46.3 Å². The van der Waals surface area contributed by atoms with Crippen LogP contribution in [-0.4, -0.2) is 22.9 Å². The van der Waals surface area contributed by atoms with E-state index in [0.29, 0.717) is 18.4 Å². The van der Waals surface area contributed by atoms with E-state index < -0.39 is 0 Å². The molecule has 18 heavy (non-hydrogen) atoms. The summed E-state index contributed by atoms with van der Waals surface area (Å²) in [5.41, 5.74) is 6.34. The van der Waals surface area contributed by atoms with E-state index >= 15 is 0 Å². The van der Waals surface area contributed by atoms with Crippen molar-refractivity contribution in [2.75, 3.05) is 0 Å². The van der Waals surface area contributed by atoms with Crippen molar-refractivity contribution < 1.29 is 4.79 Å². The highest BCUT2D eigenvalue weighted by molar-refractivity contribution is 9.10. The van der Waals surface area contributed by atoms with Crippen LogP contribution in [0.3, 0.4) is 0 Å². The number of likely N-dealkylation sites (tertiary alicyclic amines) is 1. The molecule has 1 saturated carbocycles. The summed E-state index contributed by atoms with van der Waals surface area (Å²) in [6.45, 7) is 0. The summed E-state index contributed by atoms with van der Waals surface area (Å²) in [5, 5.41) is 2.07. The Morgan fingerprint density at radius 2 is 2.17 bits per heavy atom. The minimum atomic E-state index is 0.0719. The molecule has 1 aromatic heterocycles. The largest absolute Gasteiger partial charge is 0.330 e. The number of amides is 1. The van der Waals surface area contributed by atoms with Gasteiger partial charge in [-0.05, 0) is 47.7 Å². The normalized spacial score (nSPS) is 29.4. The molecule has 2 atom stereocenters. The third-order valence-corrected chi connectivity index (χ3v) is 5.51. The highest BCUT2D eigenvalue weighted by atomic mass is 79.9. The van der Waals surface area contributed by atoms with Gasteiger partial charge in [-0.15, -0.1) is 11.3 Å². The number of thiophene rings is 1. The molecule has 0 bridgehead atoms. The predicted molar refractivity (Wildman–Crippen MR) is 76.5 cm³/mol. The summed E-state index contributed by atoms with van der Waals surface area (Å²) < 4.78 is 1.09. The van der Waals surface area contributed by atoms with Crippen molar-refractivity contribution in [3.63, 3.8) is 0 Å². The van der Waals surface area contributed by atoms with Gasteiger partial charge >= 0.3 is 0 Å². The van der Waals surface area contributed by atoms with Crippen molar-refractivity contribution in [2.45, 2.75) is 50.2 Å². The minimum absolute atomic E-state index is 0.0719. The van der Waals surface area contributed by atoms with Gasteiger partial charge in [0.05, 0.1) is 6.04 Å². The number of nitrogens with two attached hydrogens (primary N) is 1. The summed E-state index contributed by atoms with van der Waals surface area (Å²) in [6.07, 6.45) is 4.80. The fourth-order valence-electron chi connectivity index (χ4n) is 2.75. The Morgan fingerprint density at radius 1 is 1.39 bits per heavy atom. The highest BCUT2D eigenvalue weighted by Crippen LogP contribution is 2.41. The van der Waals surface area contributed by atoms with Crippen molar-refractivity contribution >= 4 is 33.2 Å². The average Bonchev–Trinajstić information content (AvgIpc) is 3.08. The monoisotopic (exact) mass is 328 g/mol. The molecule has 1 amide bonds. The predicted octanol–water partition coefficient (Wildman–Crippen LogP) is 3.05. The third kappa shape index (κ3) is 2.36. The van der Waals surface area contributed by atoms with Gasteiger partial charge in [-0.1, -0.05) is 0 Å². The number of halogens is 1. The second-order valence-corrected chi connectivity index (χ2v) is 7.06. The van der Waals surface area contributed by atoms with Gasteiger partial charge in [0, 0.05) is 33.2 Å². The molecule has 0 spiro atoms. The molecule has 2 aliphatic rings. The van der Waals surface area contributed by atoms with E-state index in [2.05, 4.69) is 32.3 Å². The maximum absolute atomic E-state index is 12.3. The standard InChI is InChI=1S/C13H17BrN2OS/c14-8-6-11(18-7-8)13-10(15)2-1-3-12(17)16(13)9-4-5-9/h6-7,9-10,13H,1-5,15H2. The molecule has 0 aromatic carbocycles. The molecule has 1 aromatic rings. The van der Waals surface area contributed by atoms with E-state index in [4.69, 9.17) is 5.73 Å². The number of carbonyl (C=O) groups excluding carboxylic acids is 1. The molecule has 3 rings (SSSR count). The number of rotatable bonds is 2. The SMILES string of the molecule is NC1CCCC(=O)N(C2CC2)C1c1cc(Br)cs1. The summed E-state index contributed by atoms with van der Waals surface area (Å²) in [5.74, 6) is 0.292. The first-order chi connectivity index (χ1) is 8.66. The van der Waals surface area contributed by atoms with Crippen LogP contribution in [0.4, 0.5) is 0 Å². The Bertz CT molecular complexity index is 458. The molecule has 1 aliphatic heterocycles. The first-order valence-corrected chi connectivity index (χ1v) is 8.15. The molecule has 2 unspecified atom stereocenters. The van der Waals surface area contributed by atoms with Crippen molar-refractivity contribution in [2.24, 2.45) is 5.73 Å². The van der Waals surface area contributed by atoms with Crippen LogP contribution in [0, 0.1) is 0 Å². The second kappa shape index (κ2) is 4.94. The van der Waals surface area contributed by atoms with E-state index in [0.717, 1.165) is 30.2 Å². The summed E-state index contributed by atoms with van der Waals surface area (Å²) >= 11 is 5.19. The zero-order valence-corrected chi connectivity index (χ0v) is 12.5. The fraction of sp³-hybridized carbons (Fsp3) is 0.615. The fourth-order valence-corrected chi connectivity index (χ4v) is 4.37. The van der Waals surface area contributed by atoms with Crippen LogP contribution < -0.4 is 5.73 Å². The molecule has 2 N–H and O–H groups in total. The zero-order chi connectivity index (χ0) is 12.7. The Morgan fingerprint density at radius 3 is 2.78 bits per heavy atom. The van der Waals surface area contributed by atoms with Crippen LogP contribution in [0.2, 0.25) is 0 Å². The number of nitrogens with zero attached hydrogens (tertiary/aromatic N) is 1. The lowest BCUT2D eigenvalue weighted by Crippen LogP contribution is -2.43. The Kier molecular flexibility index (Phi) is 3.47. The van der Waals surface area contributed by atoms with Crippen molar-refractivity contribution in [3.8, 4) is 0 Å². The molecule has 5 heteroatoms. The van der Waals surface area contributed by atoms with Gasteiger partial charge in [0.25, 0.3) is 0 Å². The Labute approximate surface area is 119 Å². The molecular formula is C13H17BrN2OS. The van der Waals surface area contributed by atoms with E-state index in [9.17, 15) is 4.79 Å². The lowest BCUT2D eigenvalue weighted by molar-refractivity contribution is -0.133. The molecule has 3 nitrogen and oxygen atoms in total. The van der Waals surface area contributed by atoms with E-state index in [-0.39, 0.29) is 12.1 Å². The lowest BCUT2D eigenvalue weighted by atomic mass is 10.0. The summed E-state index contributed by atoms with van der Waals surface area (Å²) in [6, 6.07) is 2.71.